The van der Waals surface area contributed by atoms with Crippen LogP contribution in [0.25, 0.3) is 5.57 Å². The molecule has 160 valence electrons. The molecule has 32 heavy (non-hydrogen) atoms. The van der Waals surface area contributed by atoms with Crippen LogP contribution in [0.15, 0.2) is 162 Å². The first kappa shape index (κ1) is 25.4. The van der Waals surface area contributed by atoms with E-state index in [1.165, 1.54) is 33.8 Å². The molecular weight excluding hydrogens is 472 g/mol. The number of rotatable bonds is 1. The maximum Gasteiger partial charge on any atom is 2.00 e. The van der Waals surface area contributed by atoms with Gasteiger partial charge in [0.1, 0.15) is 0 Å². The minimum absolute atomic E-state index is 0. The van der Waals surface area contributed by atoms with Gasteiger partial charge in [0.25, 0.3) is 0 Å². The van der Waals surface area contributed by atoms with Crippen LogP contribution in [-0.4, -0.2) is 0 Å². The zero-order chi connectivity index (χ0) is 20.4. The largest absolute Gasteiger partial charge is 2.00 e. The molecule has 0 saturated carbocycles. The van der Waals surface area contributed by atoms with Crippen molar-refractivity contribution in [1.29, 1.82) is 0 Å². The van der Waals surface area contributed by atoms with E-state index < -0.39 is 0 Å². The predicted octanol–water partition coefficient (Wildman–Crippen LogP) is 7.66. The number of hydrogen-bond donors (Lipinski definition) is 0. The summed E-state index contributed by atoms with van der Waals surface area (Å²) < 4.78 is 0. The van der Waals surface area contributed by atoms with Gasteiger partial charge in [-0.3, -0.25) is 0 Å². The van der Waals surface area contributed by atoms with Crippen LogP contribution in [0.1, 0.15) is 5.56 Å². The monoisotopic (exact) mass is 496 g/mol. The molecule has 0 unspecified atom stereocenters. The fourth-order valence-electron chi connectivity index (χ4n) is 3.57. The minimum atomic E-state index is 0. The summed E-state index contributed by atoms with van der Waals surface area (Å²) in [6.07, 6.45) is 21.6. The molecular formula is C30H24Fe2. The summed E-state index contributed by atoms with van der Waals surface area (Å²) in [5, 5.41) is 0. The predicted molar refractivity (Wildman–Crippen MR) is 129 cm³/mol. The van der Waals surface area contributed by atoms with Gasteiger partial charge in [0, 0.05) is 0 Å². The maximum atomic E-state index is 2.21. The summed E-state index contributed by atoms with van der Waals surface area (Å²) in [7, 11) is 0. The summed E-state index contributed by atoms with van der Waals surface area (Å²) in [6, 6.07) is 28.5. The van der Waals surface area contributed by atoms with Gasteiger partial charge in [0.2, 0.25) is 0 Å². The standard InChI is InChI=1S/C20H14.2C5H5.2Fe/c1-2-8-15(7-1)18-13-5-11-17-12-6-14-19(20(17)18)16-9-3-4-10-16;2*1-2-4-5-3-1;;/h1-14H;2*1-5H;;/q-2;2*-1;2*+2. The van der Waals surface area contributed by atoms with Crippen LogP contribution in [0.3, 0.4) is 0 Å². The molecule has 0 N–H and O–H groups in total. The van der Waals surface area contributed by atoms with Crippen LogP contribution in [0.2, 0.25) is 0 Å². The van der Waals surface area contributed by atoms with Crippen LogP contribution in [0.4, 0.5) is 0 Å². The fraction of sp³-hybridized carbons (Fsp3) is 0. The Balaban J connectivity index is 0.000000252. The van der Waals surface area contributed by atoms with Crippen molar-refractivity contribution in [3.63, 3.8) is 0 Å². The molecule has 6 rings (SSSR count). The molecule has 3 aliphatic rings. The minimum Gasteiger partial charge on any atom is -0.214 e. The Morgan fingerprint density at radius 1 is 0.562 bits per heavy atom. The SMILES string of the molecule is C1=CC2=CC=CC(=C3C=CC=C3)[C-]2C([c-]2cccc2)=C1.[Fe+2].[Fe+2].c1cc[cH-]c1.c1cc[cH-]c1. The van der Waals surface area contributed by atoms with Gasteiger partial charge < -0.3 is 0 Å². The third-order valence-corrected chi connectivity index (χ3v) is 4.96. The molecule has 0 aromatic heterocycles. The van der Waals surface area contributed by atoms with E-state index in [1.807, 2.05) is 60.7 Å². The molecule has 3 aromatic carbocycles. The Morgan fingerprint density at radius 3 is 1.66 bits per heavy atom. The van der Waals surface area contributed by atoms with E-state index >= 15 is 0 Å². The van der Waals surface area contributed by atoms with E-state index in [9.17, 15) is 0 Å². The summed E-state index contributed by atoms with van der Waals surface area (Å²) in [5.41, 5.74) is 6.49. The molecule has 0 amide bonds. The van der Waals surface area contributed by atoms with Gasteiger partial charge in [-0.2, -0.15) is 89.6 Å². The molecule has 0 fully saturated rings. The Hall–Kier alpha value is -2.86. The van der Waals surface area contributed by atoms with Crippen molar-refractivity contribution in [3.05, 3.63) is 174 Å². The molecule has 0 spiro atoms. The summed E-state index contributed by atoms with van der Waals surface area (Å²) in [6.45, 7) is 0. The Kier molecular flexibility index (Phi) is 10.7. The van der Waals surface area contributed by atoms with Gasteiger partial charge in [-0.1, -0.05) is 24.3 Å². The van der Waals surface area contributed by atoms with E-state index in [-0.39, 0.29) is 34.1 Å². The van der Waals surface area contributed by atoms with Gasteiger partial charge in [-0.05, 0) is 0 Å². The first-order valence-corrected chi connectivity index (χ1v) is 10.2. The quantitative estimate of drug-likeness (QED) is 0.240. The van der Waals surface area contributed by atoms with Crippen molar-refractivity contribution in [2.45, 2.75) is 0 Å². The Morgan fingerprint density at radius 2 is 1.12 bits per heavy atom. The zero-order valence-corrected chi connectivity index (χ0v) is 19.8. The van der Waals surface area contributed by atoms with Crippen molar-refractivity contribution in [1.82, 2.24) is 0 Å². The number of hydrogen-bond acceptors (Lipinski definition) is 0. The molecule has 0 bridgehead atoms. The van der Waals surface area contributed by atoms with Gasteiger partial charge in [-0.25, -0.2) is 24.3 Å². The second kappa shape index (κ2) is 13.5. The first-order chi connectivity index (χ1) is 14.9. The fourth-order valence-corrected chi connectivity index (χ4v) is 3.57. The molecule has 0 nitrogen and oxygen atoms in total. The molecule has 0 radical (unpaired) electrons. The van der Waals surface area contributed by atoms with E-state index in [0.29, 0.717) is 0 Å². The molecule has 3 aliphatic carbocycles. The average Bonchev–Trinajstić information content (AvgIpc) is 3.64. The van der Waals surface area contributed by atoms with Gasteiger partial charge in [0.05, 0.1) is 0 Å². The van der Waals surface area contributed by atoms with Crippen LogP contribution in [0, 0.1) is 5.92 Å². The summed E-state index contributed by atoms with van der Waals surface area (Å²) in [4.78, 5) is 0. The topological polar surface area (TPSA) is 0 Å². The second-order valence-electron chi connectivity index (χ2n) is 6.98. The molecule has 2 heteroatoms. The van der Waals surface area contributed by atoms with Gasteiger partial charge >= 0.3 is 34.1 Å². The van der Waals surface area contributed by atoms with Crippen molar-refractivity contribution in [2.75, 3.05) is 0 Å². The first-order valence-electron chi connectivity index (χ1n) is 10.2. The van der Waals surface area contributed by atoms with E-state index in [1.54, 1.807) is 0 Å². The van der Waals surface area contributed by atoms with Crippen molar-refractivity contribution < 1.29 is 34.1 Å². The van der Waals surface area contributed by atoms with Crippen molar-refractivity contribution in [2.24, 2.45) is 0 Å². The summed E-state index contributed by atoms with van der Waals surface area (Å²) in [5.74, 6) is 1.34. The maximum absolute atomic E-state index is 2.21. The molecule has 0 atom stereocenters. The number of fused-ring (bicyclic) bond motifs is 1. The summed E-state index contributed by atoms with van der Waals surface area (Å²) >= 11 is 0. The van der Waals surface area contributed by atoms with Crippen LogP contribution < -0.4 is 0 Å². The molecule has 0 heterocycles. The van der Waals surface area contributed by atoms with Crippen LogP contribution >= 0.6 is 0 Å². The smallest absolute Gasteiger partial charge is 0.214 e. The normalized spacial score (nSPS) is 14.7. The Labute approximate surface area is 212 Å². The van der Waals surface area contributed by atoms with Crippen molar-refractivity contribution in [3.8, 4) is 0 Å². The molecule has 3 aromatic rings. The zero-order valence-electron chi connectivity index (χ0n) is 17.6. The molecule has 0 aliphatic heterocycles. The average molecular weight is 496 g/mol. The van der Waals surface area contributed by atoms with Crippen LogP contribution in [-0.2, 0) is 34.1 Å². The third kappa shape index (κ3) is 6.57. The van der Waals surface area contributed by atoms with Crippen LogP contribution in [0.5, 0.6) is 0 Å². The second-order valence-corrected chi connectivity index (χ2v) is 6.98. The van der Waals surface area contributed by atoms with E-state index in [2.05, 4.69) is 85.0 Å². The van der Waals surface area contributed by atoms with E-state index in [4.69, 9.17) is 0 Å². The van der Waals surface area contributed by atoms with Crippen molar-refractivity contribution >= 4 is 5.57 Å². The third-order valence-electron chi connectivity index (χ3n) is 4.96. The number of allylic oxidation sites excluding steroid dienone is 14. The van der Waals surface area contributed by atoms with Gasteiger partial charge in [-0.15, -0.1) is 41.3 Å². The van der Waals surface area contributed by atoms with Gasteiger partial charge in [0.15, 0.2) is 0 Å². The molecule has 0 saturated heterocycles. The Bertz CT molecular complexity index is 1030. The van der Waals surface area contributed by atoms with E-state index in [0.717, 1.165) is 0 Å².